The van der Waals surface area contributed by atoms with Crippen molar-refractivity contribution < 1.29 is 5.11 Å². The number of hydrogen-bond acceptors (Lipinski definition) is 2. The zero-order valence-corrected chi connectivity index (χ0v) is 8.33. The van der Waals surface area contributed by atoms with Gasteiger partial charge < -0.3 is 10.1 Å². The normalized spacial score (nSPS) is 10.4. The van der Waals surface area contributed by atoms with E-state index >= 15 is 0 Å². The first-order valence-electron chi connectivity index (χ1n) is 4.93. The summed E-state index contributed by atoms with van der Waals surface area (Å²) in [5.74, 6) is 0. The largest absolute Gasteiger partial charge is 0.396 e. The average molecular weight is 200 g/mol. The predicted molar refractivity (Wildman–Crippen MR) is 58.4 cm³/mol. The Hall–Kier alpha value is -1.79. The number of nitrogens with zero attached hydrogens (tertiary/aromatic N) is 1. The van der Waals surface area contributed by atoms with Crippen LogP contribution < -0.4 is 0 Å². The predicted octanol–water partition coefficient (Wildman–Crippen LogP) is 1.77. The second kappa shape index (κ2) is 4.16. The van der Waals surface area contributed by atoms with Crippen molar-refractivity contribution in [2.75, 3.05) is 6.61 Å². The van der Waals surface area contributed by atoms with E-state index in [1.165, 1.54) is 0 Å². The molecule has 0 amide bonds. The smallest absolute Gasteiger partial charge is 0.0670 e. The number of benzene rings is 1. The number of rotatable bonds is 3. The summed E-state index contributed by atoms with van der Waals surface area (Å²) < 4.78 is 0. The lowest BCUT2D eigenvalue weighted by Crippen LogP contribution is -1.95. The van der Waals surface area contributed by atoms with Gasteiger partial charge in [0.2, 0.25) is 0 Å². The van der Waals surface area contributed by atoms with Crippen LogP contribution in [0.25, 0.3) is 10.9 Å². The number of para-hydroxylation sites is 1. The topological polar surface area (TPSA) is 59.8 Å². The Morgan fingerprint density at radius 3 is 2.87 bits per heavy atom. The minimum Gasteiger partial charge on any atom is -0.396 e. The summed E-state index contributed by atoms with van der Waals surface area (Å²) in [6.07, 6.45) is 0.963. The molecule has 1 aromatic heterocycles. The van der Waals surface area contributed by atoms with Crippen LogP contribution in [0.3, 0.4) is 0 Å². The van der Waals surface area contributed by atoms with Gasteiger partial charge in [-0.1, -0.05) is 18.2 Å². The van der Waals surface area contributed by atoms with Crippen molar-refractivity contribution in [3.63, 3.8) is 0 Å². The van der Waals surface area contributed by atoms with Gasteiger partial charge in [-0.3, -0.25) is 0 Å². The Bertz CT molecular complexity index is 508. The number of fused-ring (bicyclic) bond motifs is 1. The fraction of sp³-hybridized carbons (Fsp3) is 0.250. The standard InChI is InChI=1S/C12H12N2O/c13-7-5-10-9-3-1-2-4-11(9)14-12(10)6-8-15/h1-4,14-15H,5-6,8H2. The zero-order valence-electron chi connectivity index (χ0n) is 8.33. The fourth-order valence-electron chi connectivity index (χ4n) is 1.86. The summed E-state index contributed by atoms with van der Waals surface area (Å²) in [7, 11) is 0. The van der Waals surface area contributed by atoms with Crippen LogP contribution in [0.4, 0.5) is 0 Å². The highest BCUT2D eigenvalue weighted by molar-refractivity contribution is 5.84. The van der Waals surface area contributed by atoms with E-state index in [-0.39, 0.29) is 6.61 Å². The van der Waals surface area contributed by atoms with Gasteiger partial charge in [-0.05, 0) is 11.6 Å². The maximum Gasteiger partial charge on any atom is 0.0670 e. The van der Waals surface area contributed by atoms with Crippen molar-refractivity contribution in [3.8, 4) is 6.07 Å². The van der Waals surface area contributed by atoms with Gasteiger partial charge in [0.15, 0.2) is 0 Å². The van der Waals surface area contributed by atoms with Gasteiger partial charge in [0.05, 0.1) is 12.5 Å². The molecule has 0 fully saturated rings. The number of nitrogens with one attached hydrogen (secondary N) is 1. The number of nitriles is 1. The van der Waals surface area contributed by atoms with Crippen LogP contribution in [0, 0.1) is 11.3 Å². The molecule has 0 aliphatic heterocycles. The van der Waals surface area contributed by atoms with Gasteiger partial charge in [0, 0.05) is 29.6 Å². The second-order valence-corrected chi connectivity index (χ2v) is 3.44. The lowest BCUT2D eigenvalue weighted by molar-refractivity contribution is 0.298. The lowest BCUT2D eigenvalue weighted by atomic mass is 10.1. The van der Waals surface area contributed by atoms with Crippen LogP contribution in [-0.2, 0) is 12.8 Å². The number of H-pyrrole nitrogens is 1. The van der Waals surface area contributed by atoms with Crippen LogP contribution in [-0.4, -0.2) is 16.7 Å². The van der Waals surface area contributed by atoms with Crippen molar-refractivity contribution in [2.24, 2.45) is 0 Å². The Morgan fingerprint density at radius 1 is 1.33 bits per heavy atom. The first-order valence-corrected chi connectivity index (χ1v) is 4.93. The SMILES string of the molecule is N#CCc1c(CCO)[nH]c2ccccc12. The minimum absolute atomic E-state index is 0.102. The van der Waals surface area contributed by atoms with Crippen molar-refractivity contribution in [1.82, 2.24) is 4.98 Å². The van der Waals surface area contributed by atoms with E-state index < -0.39 is 0 Å². The van der Waals surface area contributed by atoms with Crippen molar-refractivity contribution in [2.45, 2.75) is 12.8 Å². The molecule has 0 spiro atoms. The zero-order chi connectivity index (χ0) is 10.7. The van der Waals surface area contributed by atoms with Gasteiger partial charge in [0.1, 0.15) is 0 Å². The number of hydrogen-bond donors (Lipinski definition) is 2. The molecule has 3 heteroatoms. The van der Waals surface area contributed by atoms with E-state index in [2.05, 4.69) is 11.1 Å². The Morgan fingerprint density at radius 2 is 2.13 bits per heavy atom. The molecule has 1 aromatic carbocycles. The van der Waals surface area contributed by atoms with E-state index in [0.29, 0.717) is 12.8 Å². The molecule has 0 bridgehead atoms. The summed E-state index contributed by atoms with van der Waals surface area (Å²) in [6, 6.07) is 10.1. The Balaban J connectivity index is 2.59. The molecule has 2 aromatic rings. The summed E-state index contributed by atoms with van der Waals surface area (Å²) in [5.41, 5.74) is 3.02. The van der Waals surface area contributed by atoms with Crippen LogP contribution >= 0.6 is 0 Å². The highest BCUT2D eigenvalue weighted by atomic mass is 16.3. The van der Waals surface area contributed by atoms with Crippen molar-refractivity contribution in [3.05, 3.63) is 35.5 Å². The number of aromatic nitrogens is 1. The molecule has 0 saturated carbocycles. The van der Waals surface area contributed by atoms with Crippen molar-refractivity contribution in [1.29, 1.82) is 5.26 Å². The maximum absolute atomic E-state index is 8.93. The Kier molecular flexibility index (Phi) is 2.70. The van der Waals surface area contributed by atoms with Crippen molar-refractivity contribution >= 4 is 10.9 Å². The monoisotopic (exact) mass is 200 g/mol. The highest BCUT2D eigenvalue weighted by Gasteiger charge is 2.09. The molecule has 15 heavy (non-hydrogen) atoms. The summed E-state index contributed by atoms with van der Waals surface area (Å²) in [4.78, 5) is 3.24. The first kappa shape index (κ1) is 9.75. The highest BCUT2D eigenvalue weighted by Crippen LogP contribution is 2.22. The van der Waals surface area contributed by atoms with E-state index in [1.54, 1.807) is 0 Å². The molecule has 1 heterocycles. The molecule has 0 radical (unpaired) electrons. The molecule has 0 aliphatic rings. The quantitative estimate of drug-likeness (QED) is 0.793. The third-order valence-electron chi connectivity index (χ3n) is 2.52. The fourth-order valence-corrected chi connectivity index (χ4v) is 1.86. The van der Waals surface area contributed by atoms with Gasteiger partial charge in [-0.15, -0.1) is 0 Å². The Labute approximate surface area is 88.0 Å². The molecule has 0 aliphatic carbocycles. The average Bonchev–Trinajstić information content (AvgIpc) is 2.59. The summed E-state index contributed by atoms with van der Waals surface area (Å²) in [6.45, 7) is 0.102. The minimum atomic E-state index is 0.102. The molecule has 0 atom stereocenters. The van der Waals surface area contributed by atoms with E-state index in [4.69, 9.17) is 10.4 Å². The molecular weight excluding hydrogens is 188 g/mol. The molecule has 0 unspecified atom stereocenters. The number of aliphatic hydroxyl groups is 1. The summed E-state index contributed by atoms with van der Waals surface area (Å²) >= 11 is 0. The third-order valence-corrected chi connectivity index (χ3v) is 2.52. The van der Waals surface area contributed by atoms with E-state index in [1.807, 2.05) is 24.3 Å². The molecule has 3 nitrogen and oxygen atoms in total. The molecule has 76 valence electrons. The van der Waals surface area contributed by atoms with Gasteiger partial charge >= 0.3 is 0 Å². The molecule has 2 N–H and O–H groups in total. The van der Waals surface area contributed by atoms with Gasteiger partial charge in [-0.25, -0.2) is 0 Å². The van der Waals surface area contributed by atoms with Crippen LogP contribution in [0.2, 0.25) is 0 Å². The van der Waals surface area contributed by atoms with E-state index in [0.717, 1.165) is 22.2 Å². The number of aliphatic hydroxyl groups excluding tert-OH is 1. The maximum atomic E-state index is 8.93. The second-order valence-electron chi connectivity index (χ2n) is 3.44. The molecular formula is C12H12N2O. The van der Waals surface area contributed by atoms with Crippen LogP contribution in [0.15, 0.2) is 24.3 Å². The van der Waals surface area contributed by atoms with Gasteiger partial charge in [-0.2, -0.15) is 5.26 Å². The molecule has 0 saturated heterocycles. The molecule has 2 rings (SSSR count). The lowest BCUT2D eigenvalue weighted by Gasteiger charge is -1.97. The third kappa shape index (κ3) is 1.72. The van der Waals surface area contributed by atoms with E-state index in [9.17, 15) is 0 Å². The first-order chi connectivity index (χ1) is 7.36. The van der Waals surface area contributed by atoms with Crippen LogP contribution in [0.1, 0.15) is 11.3 Å². The number of aromatic amines is 1. The van der Waals surface area contributed by atoms with Gasteiger partial charge in [0.25, 0.3) is 0 Å². The van der Waals surface area contributed by atoms with Crippen LogP contribution in [0.5, 0.6) is 0 Å². The summed E-state index contributed by atoms with van der Waals surface area (Å²) in [5, 5.41) is 18.8.